The lowest BCUT2D eigenvalue weighted by Gasteiger charge is -2.05. The molecule has 0 fully saturated rings. The van der Waals surface area contributed by atoms with Crippen LogP contribution in [-0.2, 0) is 6.61 Å². The summed E-state index contributed by atoms with van der Waals surface area (Å²) in [7, 11) is 0. The van der Waals surface area contributed by atoms with Crippen LogP contribution in [0.3, 0.4) is 0 Å². The molecule has 0 aliphatic carbocycles. The standard InChI is InChI=1S/C8H10BrNO/c1-5-2-6(4-11)8(10)7(9)3-5/h2-3,11H,4,10H2,1H3. The third-order valence-corrected chi connectivity index (χ3v) is 2.19. The van der Waals surface area contributed by atoms with Gasteiger partial charge in [0.05, 0.1) is 12.3 Å². The van der Waals surface area contributed by atoms with E-state index in [0.29, 0.717) is 5.69 Å². The van der Waals surface area contributed by atoms with Crippen molar-refractivity contribution in [1.29, 1.82) is 0 Å². The number of aryl methyl sites for hydroxylation is 1. The lowest BCUT2D eigenvalue weighted by Crippen LogP contribution is -1.95. The molecular weight excluding hydrogens is 206 g/mol. The van der Waals surface area contributed by atoms with Crippen molar-refractivity contribution >= 4 is 21.6 Å². The monoisotopic (exact) mass is 215 g/mol. The molecule has 0 saturated heterocycles. The summed E-state index contributed by atoms with van der Waals surface area (Å²) in [5.74, 6) is 0. The van der Waals surface area contributed by atoms with Gasteiger partial charge in [-0.3, -0.25) is 0 Å². The highest BCUT2D eigenvalue weighted by Gasteiger charge is 2.02. The molecule has 0 saturated carbocycles. The molecule has 0 atom stereocenters. The van der Waals surface area contributed by atoms with E-state index in [-0.39, 0.29) is 6.61 Å². The molecule has 1 aromatic rings. The van der Waals surface area contributed by atoms with Crippen molar-refractivity contribution in [1.82, 2.24) is 0 Å². The van der Waals surface area contributed by atoms with E-state index < -0.39 is 0 Å². The Hall–Kier alpha value is -0.540. The highest BCUT2D eigenvalue weighted by molar-refractivity contribution is 9.10. The minimum absolute atomic E-state index is 0.00782. The SMILES string of the molecule is Cc1cc(Br)c(N)c(CO)c1. The van der Waals surface area contributed by atoms with Gasteiger partial charge in [0.25, 0.3) is 0 Å². The van der Waals surface area contributed by atoms with Gasteiger partial charge in [-0.25, -0.2) is 0 Å². The Morgan fingerprint density at radius 2 is 2.18 bits per heavy atom. The number of nitrogen functional groups attached to an aromatic ring is 1. The quantitative estimate of drug-likeness (QED) is 0.703. The maximum absolute atomic E-state index is 8.87. The molecule has 0 aliphatic heterocycles. The van der Waals surface area contributed by atoms with Crippen molar-refractivity contribution in [2.75, 3.05) is 5.73 Å². The number of benzene rings is 1. The molecule has 11 heavy (non-hydrogen) atoms. The largest absolute Gasteiger partial charge is 0.398 e. The number of nitrogens with two attached hydrogens (primary N) is 1. The molecule has 3 heteroatoms. The van der Waals surface area contributed by atoms with Crippen molar-refractivity contribution < 1.29 is 5.11 Å². The summed E-state index contributed by atoms with van der Waals surface area (Å²) in [6.07, 6.45) is 0. The topological polar surface area (TPSA) is 46.2 Å². The van der Waals surface area contributed by atoms with E-state index in [1.54, 1.807) is 0 Å². The molecule has 2 nitrogen and oxygen atoms in total. The van der Waals surface area contributed by atoms with Gasteiger partial charge in [-0.05, 0) is 34.5 Å². The van der Waals surface area contributed by atoms with E-state index in [1.807, 2.05) is 19.1 Å². The molecule has 0 aliphatic rings. The molecule has 60 valence electrons. The van der Waals surface area contributed by atoms with E-state index in [2.05, 4.69) is 15.9 Å². The van der Waals surface area contributed by atoms with Crippen molar-refractivity contribution in [3.8, 4) is 0 Å². The van der Waals surface area contributed by atoms with Crippen LogP contribution in [0.4, 0.5) is 5.69 Å². The molecule has 0 unspecified atom stereocenters. The fraction of sp³-hybridized carbons (Fsp3) is 0.250. The molecular formula is C8H10BrNO. The normalized spacial score (nSPS) is 10.1. The number of anilines is 1. The third kappa shape index (κ3) is 1.73. The number of hydrogen-bond acceptors (Lipinski definition) is 2. The molecule has 1 aromatic carbocycles. The Labute approximate surface area is 74.2 Å². The number of aliphatic hydroxyl groups is 1. The summed E-state index contributed by atoms with van der Waals surface area (Å²) < 4.78 is 0.849. The van der Waals surface area contributed by atoms with Gasteiger partial charge in [0, 0.05) is 10.0 Å². The van der Waals surface area contributed by atoms with Crippen LogP contribution in [0.2, 0.25) is 0 Å². The van der Waals surface area contributed by atoms with Crippen LogP contribution in [0.25, 0.3) is 0 Å². The van der Waals surface area contributed by atoms with Crippen molar-refractivity contribution in [2.45, 2.75) is 13.5 Å². The molecule has 0 amide bonds. The van der Waals surface area contributed by atoms with Gasteiger partial charge in [-0.2, -0.15) is 0 Å². The minimum Gasteiger partial charge on any atom is -0.398 e. The molecule has 0 spiro atoms. The Morgan fingerprint density at radius 1 is 1.55 bits per heavy atom. The Morgan fingerprint density at radius 3 is 2.73 bits per heavy atom. The molecule has 3 N–H and O–H groups in total. The van der Waals surface area contributed by atoms with E-state index >= 15 is 0 Å². The number of rotatable bonds is 1. The first kappa shape index (κ1) is 8.56. The Bertz CT molecular complexity index is 273. The van der Waals surface area contributed by atoms with Gasteiger partial charge in [-0.1, -0.05) is 6.07 Å². The van der Waals surface area contributed by atoms with Gasteiger partial charge in [0.1, 0.15) is 0 Å². The second-order valence-corrected chi connectivity index (χ2v) is 3.33. The first-order valence-corrected chi connectivity index (χ1v) is 4.10. The summed E-state index contributed by atoms with van der Waals surface area (Å²) in [6.45, 7) is 1.95. The highest BCUT2D eigenvalue weighted by atomic mass is 79.9. The lowest BCUT2D eigenvalue weighted by molar-refractivity contribution is 0.282. The summed E-state index contributed by atoms with van der Waals surface area (Å²) >= 11 is 3.30. The first-order valence-electron chi connectivity index (χ1n) is 3.30. The summed E-state index contributed by atoms with van der Waals surface area (Å²) in [4.78, 5) is 0. The predicted molar refractivity (Wildman–Crippen MR) is 49.2 cm³/mol. The summed E-state index contributed by atoms with van der Waals surface area (Å²) in [5, 5.41) is 8.87. The molecule has 0 radical (unpaired) electrons. The maximum Gasteiger partial charge on any atom is 0.0702 e. The van der Waals surface area contributed by atoms with E-state index in [0.717, 1.165) is 15.6 Å². The molecule has 1 rings (SSSR count). The van der Waals surface area contributed by atoms with Crippen molar-refractivity contribution in [2.24, 2.45) is 0 Å². The number of hydrogen-bond donors (Lipinski definition) is 2. The first-order chi connectivity index (χ1) is 5.15. The zero-order valence-corrected chi connectivity index (χ0v) is 7.85. The van der Waals surface area contributed by atoms with Crippen LogP contribution >= 0.6 is 15.9 Å². The van der Waals surface area contributed by atoms with E-state index in [9.17, 15) is 0 Å². The fourth-order valence-corrected chi connectivity index (χ4v) is 1.57. The van der Waals surface area contributed by atoms with Crippen LogP contribution in [0.15, 0.2) is 16.6 Å². The third-order valence-electron chi connectivity index (χ3n) is 1.53. The maximum atomic E-state index is 8.87. The van der Waals surface area contributed by atoms with Crippen LogP contribution in [-0.4, -0.2) is 5.11 Å². The van der Waals surface area contributed by atoms with E-state index in [4.69, 9.17) is 10.8 Å². The smallest absolute Gasteiger partial charge is 0.0702 e. The van der Waals surface area contributed by atoms with Crippen LogP contribution < -0.4 is 5.73 Å². The zero-order chi connectivity index (χ0) is 8.43. The average molecular weight is 216 g/mol. The van der Waals surface area contributed by atoms with Crippen LogP contribution in [0.1, 0.15) is 11.1 Å². The number of aliphatic hydroxyl groups excluding tert-OH is 1. The molecule has 0 heterocycles. The fourth-order valence-electron chi connectivity index (χ4n) is 0.956. The second-order valence-electron chi connectivity index (χ2n) is 2.48. The van der Waals surface area contributed by atoms with Gasteiger partial charge < -0.3 is 10.8 Å². The highest BCUT2D eigenvalue weighted by Crippen LogP contribution is 2.24. The Kier molecular flexibility index (Phi) is 2.52. The summed E-state index contributed by atoms with van der Waals surface area (Å²) in [5.41, 5.74) is 8.15. The minimum atomic E-state index is -0.00782. The average Bonchev–Trinajstić information content (AvgIpc) is 1.96. The lowest BCUT2D eigenvalue weighted by atomic mass is 10.1. The van der Waals surface area contributed by atoms with Gasteiger partial charge in [0.15, 0.2) is 0 Å². The van der Waals surface area contributed by atoms with Crippen LogP contribution in [0.5, 0.6) is 0 Å². The van der Waals surface area contributed by atoms with Crippen molar-refractivity contribution in [3.63, 3.8) is 0 Å². The van der Waals surface area contributed by atoms with Gasteiger partial charge in [0.2, 0.25) is 0 Å². The van der Waals surface area contributed by atoms with E-state index in [1.165, 1.54) is 0 Å². The van der Waals surface area contributed by atoms with Gasteiger partial charge in [-0.15, -0.1) is 0 Å². The Balaban J connectivity index is 3.24. The molecule has 0 aromatic heterocycles. The predicted octanol–water partition coefficient (Wildman–Crippen LogP) is 1.83. The van der Waals surface area contributed by atoms with Crippen LogP contribution in [0, 0.1) is 6.92 Å². The second kappa shape index (κ2) is 3.24. The summed E-state index contributed by atoms with van der Waals surface area (Å²) in [6, 6.07) is 3.80. The molecule has 0 bridgehead atoms. The van der Waals surface area contributed by atoms with Crippen molar-refractivity contribution in [3.05, 3.63) is 27.7 Å². The van der Waals surface area contributed by atoms with Gasteiger partial charge >= 0.3 is 0 Å². The zero-order valence-electron chi connectivity index (χ0n) is 6.26. The number of halogens is 1.